The van der Waals surface area contributed by atoms with Crippen LogP contribution >= 0.6 is 0 Å². The molecule has 0 unspecified atom stereocenters. The molecule has 1 saturated heterocycles. The largest absolute Gasteiger partial charge is 0.508 e. The van der Waals surface area contributed by atoms with Crippen LogP contribution in [0.4, 0.5) is 0 Å². The summed E-state index contributed by atoms with van der Waals surface area (Å²) in [4.78, 5) is 14.7. The topological polar surface area (TPSA) is 59.0 Å². The summed E-state index contributed by atoms with van der Waals surface area (Å²) in [5.74, 6) is 1.63. The van der Waals surface area contributed by atoms with E-state index in [0.717, 1.165) is 29.9 Å². The lowest BCUT2D eigenvalue weighted by Gasteiger charge is -2.27. The Kier molecular flexibility index (Phi) is 5.12. The van der Waals surface area contributed by atoms with Crippen LogP contribution in [-0.4, -0.2) is 36.7 Å². The molecule has 0 aliphatic carbocycles. The van der Waals surface area contributed by atoms with Gasteiger partial charge in [0.25, 0.3) is 0 Å². The van der Waals surface area contributed by atoms with Gasteiger partial charge in [0.05, 0.1) is 26.7 Å². The molecule has 1 aliphatic heterocycles. The fraction of sp³-hybridized carbons (Fsp3) is 0.350. The van der Waals surface area contributed by atoms with Gasteiger partial charge in [-0.15, -0.1) is 0 Å². The minimum Gasteiger partial charge on any atom is -0.508 e. The van der Waals surface area contributed by atoms with Gasteiger partial charge >= 0.3 is 0 Å². The molecule has 1 atom stereocenters. The number of hydrogen-bond donors (Lipinski definition) is 1. The number of nitrogens with zero attached hydrogens (tertiary/aromatic N) is 1. The number of carbonyl (C=O) groups is 1. The first kappa shape index (κ1) is 17.1. The van der Waals surface area contributed by atoms with Gasteiger partial charge in [-0.05, 0) is 31.0 Å². The smallest absolute Gasteiger partial charge is 0.227 e. The Bertz CT molecular complexity index is 759. The van der Waals surface area contributed by atoms with E-state index in [1.165, 1.54) is 0 Å². The van der Waals surface area contributed by atoms with Gasteiger partial charge in [0.2, 0.25) is 5.91 Å². The van der Waals surface area contributed by atoms with Gasteiger partial charge in [-0.25, -0.2) is 0 Å². The summed E-state index contributed by atoms with van der Waals surface area (Å²) in [6, 6.07) is 12.7. The van der Waals surface area contributed by atoms with Gasteiger partial charge in [0, 0.05) is 23.7 Å². The normalized spacial score (nSPS) is 16.7. The molecule has 1 fully saturated rings. The van der Waals surface area contributed by atoms with Crippen molar-refractivity contribution in [2.24, 2.45) is 0 Å². The molecule has 3 rings (SSSR count). The van der Waals surface area contributed by atoms with Gasteiger partial charge in [-0.1, -0.05) is 18.2 Å². The predicted octanol–water partition coefficient (Wildman–Crippen LogP) is 3.32. The van der Waals surface area contributed by atoms with Crippen LogP contribution in [0.15, 0.2) is 42.5 Å². The van der Waals surface area contributed by atoms with Crippen molar-refractivity contribution in [1.82, 2.24) is 4.90 Å². The molecule has 1 aliphatic rings. The van der Waals surface area contributed by atoms with Gasteiger partial charge in [-0.3, -0.25) is 4.79 Å². The minimum absolute atomic E-state index is 0.0146. The fourth-order valence-corrected chi connectivity index (χ4v) is 3.41. The summed E-state index contributed by atoms with van der Waals surface area (Å²) < 4.78 is 10.8. The second kappa shape index (κ2) is 7.47. The Morgan fingerprint density at radius 1 is 1.20 bits per heavy atom. The quantitative estimate of drug-likeness (QED) is 0.906. The number of benzene rings is 2. The molecule has 25 heavy (non-hydrogen) atoms. The lowest BCUT2D eigenvalue weighted by Crippen LogP contribution is -2.32. The maximum Gasteiger partial charge on any atom is 0.227 e. The highest BCUT2D eigenvalue weighted by molar-refractivity contribution is 5.80. The zero-order chi connectivity index (χ0) is 17.8. The van der Waals surface area contributed by atoms with Crippen molar-refractivity contribution in [1.29, 1.82) is 0 Å². The molecule has 1 amide bonds. The summed E-state index contributed by atoms with van der Waals surface area (Å²) in [7, 11) is 3.24. The Balaban J connectivity index is 1.83. The molecule has 0 bridgehead atoms. The Hall–Kier alpha value is -2.69. The standard InChI is InChI=1S/C20H23NO4/c1-24-15-9-10-16(19(13-15)25-2)17-7-5-11-21(17)20(23)12-14-6-3-4-8-18(14)22/h3-4,6,8-10,13,17,22H,5,7,11-12H2,1-2H3/t17-/m0/s1. The zero-order valence-electron chi connectivity index (χ0n) is 14.6. The number of ether oxygens (including phenoxy) is 2. The maximum atomic E-state index is 12.8. The average Bonchev–Trinajstić information content (AvgIpc) is 3.12. The third kappa shape index (κ3) is 3.55. The molecular weight excluding hydrogens is 318 g/mol. The number of hydrogen-bond acceptors (Lipinski definition) is 4. The number of phenolic OH excluding ortho intramolecular Hbond substituents is 1. The van der Waals surface area contributed by atoms with E-state index < -0.39 is 0 Å². The number of aromatic hydroxyl groups is 1. The molecule has 2 aromatic rings. The average molecular weight is 341 g/mol. The molecule has 0 radical (unpaired) electrons. The van der Waals surface area contributed by atoms with Crippen molar-refractivity contribution < 1.29 is 19.4 Å². The van der Waals surface area contributed by atoms with E-state index in [0.29, 0.717) is 12.1 Å². The van der Waals surface area contributed by atoms with E-state index in [2.05, 4.69) is 0 Å². The molecule has 132 valence electrons. The number of likely N-dealkylation sites (tertiary alicyclic amines) is 1. The summed E-state index contributed by atoms with van der Waals surface area (Å²) >= 11 is 0. The van der Waals surface area contributed by atoms with Gasteiger partial charge in [-0.2, -0.15) is 0 Å². The summed E-state index contributed by atoms with van der Waals surface area (Å²) in [5.41, 5.74) is 1.64. The number of para-hydroxylation sites is 1. The SMILES string of the molecule is COc1ccc([C@@H]2CCCN2C(=O)Cc2ccccc2O)c(OC)c1. The lowest BCUT2D eigenvalue weighted by atomic mass is 10.0. The molecular formula is C20H23NO4. The van der Waals surface area contributed by atoms with Crippen LogP contribution in [0.5, 0.6) is 17.2 Å². The number of methoxy groups -OCH3 is 2. The fourth-order valence-electron chi connectivity index (χ4n) is 3.41. The minimum atomic E-state index is -0.0146. The highest BCUT2D eigenvalue weighted by atomic mass is 16.5. The monoisotopic (exact) mass is 341 g/mol. The van der Waals surface area contributed by atoms with E-state index >= 15 is 0 Å². The van der Waals surface area contributed by atoms with E-state index in [4.69, 9.17) is 9.47 Å². The van der Waals surface area contributed by atoms with Crippen molar-refractivity contribution in [2.45, 2.75) is 25.3 Å². The van der Waals surface area contributed by atoms with E-state index in [-0.39, 0.29) is 24.1 Å². The van der Waals surface area contributed by atoms with E-state index in [1.54, 1.807) is 32.4 Å². The van der Waals surface area contributed by atoms with Gasteiger partial charge < -0.3 is 19.5 Å². The molecule has 1 heterocycles. The van der Waals surface area contributed by atoms with Crippen molar-refractivity contribution >= 4 is 5.91 Å². The molecule has 5 nitrogen and oxygen atoms in total. The van der Waals surface area contributed by atoms with Gasteiger partial charge in [0.1, 0.15) is 17.2 Å². The summed E-state index contributed by atoms with van der Waals surface area (Å²) in [6.07, 6.45) is 2.04. The van der Waals surface area contributed by atoms with Crippen molar-refractivity contribution in [3.8, 4) is 17.2 Å². The first-order valence-corrected chi connectivity index (χ1v) is 8.42. The van der Waals surface area contributed by atoms with Crippen molar-refractivity contribution in [2.75, 3.05) is 20.8 Å². The molecule has 0 aromatic heterocycles. The second-order valence-electron chi connectivity index (χ2n) is 6.16. The molecule has 1 N–H and O–H groups in total. The van der Waals surface area contributed by atoms with Crippen molar-refractivity contribution in [3.05, 3.63) is 53.6 Å². The number of amides is 1. The van der Waals surface area contributed by atoms with Crippen LogP contribution in [0, 0.1) is 0 Å². The van der Waals surface area contributed by atoms with Gasteiger partial charge in [0.15, 0.2) is 0 Å². The summed E-state index contributed by atoms with van der Waals surface area (Å²) in [6.45, 7) is 0.715. The summed E-state index contributed by atoms with van der Waals surface area (Å²) in [5, 5.41) is 9.92. The highest BCUT2D eigenvalue weighted by Crippen LogP contribution is 2.39. The molecule has 0 spiro atoms. The number of carbonyl (C=O) groups excluding carboxylic acids is 1. The number of rotatable bonds is 5. The van der Waals surface area contributed by atoms with E-state index in [9.17, 15) is 9.90 Å². The molecule has 2 aromatic carbocycles. The third-order valence-corrected chi connectivity index (χ3v) is 4.71. The maximum absolute atomic E-state index is 12.8. The molecule has 0 saturated carbocycles. The molecule has 5 heteroatoms. The Morgan fingerprint density at radius 2 is 2.00 bits per heavy atom. The Labute approximate surface area is 147 Å². The predicted molar refractivity (Wildman–Crippen MR) is 95.0 cm³/mol. The van der Waals surface area contributed by atoms with Crippen LogP contribution in [0.2, 0.25) is 0 Å². The van der Waals surface area contributed by atoms with Crippen molar-refractivity contribution in [3.63, 3.8) is 0 Å². The van der Waals surface area contributed by atoms with Crippen LogP contribution in [0.25, 0.3) is 0 Å². The van der Waals surface area contributed by atoms with Crippen LogP contribution in [0.3, 0.4) is 0 Å². The van der Waals surface area contributed by atoms with Crippen LogP contribution < -0.4 is 9.47 Å². The van der Waals surface area contributed by atoms with E-state index in [1.807, 2.05) is 29.2 Å². The third-order valence-electron chi connectivity index (χ3n) is 4.71. The lowest BCUT2D eigenvalue weighted by molar-refractivity contribution is -0.131. The number of phenols is 1. The van der Waals surface area contributed by atoms with Crippen LogP contribution in [0.1, 0.15) is 30.0 Å². The first-order chi connectivity index (χ1) is 12.1. The zero-order valence-corrected chi connectivity index (χ0v) is 14.6. The Morgan fingerprint density at radius 3 is 2.72 bits per heavy atom. The van der Waals surface area contributed by atoms with Crippen LogP contribution in [-0.2, 0) is 11.2 Å². The second-order valence-corrected chi connectivity index (χ2v) is 6.16. The highest BCUT2D eigenvalue weighted by Gasteiger charge is 2.32. The first-order valence-electron chi connectivity index (χ1n) is 8.42.